The molecule has 1 aliphatic rings. The number of amides is 1. The van der Waals surface area contributed by atoms with Gasteiger partial charge >= 0.3 is 0 Å². The van der Waals surface area contributed by atoms with Gasteiger partial charge in [-0.25, -0.2) is 0 Å². The Morgan fingerprint density at radius 1 is 1.45 bits per heavy atom. The summed E-state index contributed by atoms with van der Waals surface area (Å²) in [4.78, 5) is 14.1. The fourth-order valence-electron chi connectivity index (χ4n) is 2.24. The fraction of sp³-hybridized carbons (Fsp3) is 0.438. The van der Waals surface area contributed by atoms with Gasteiger partial charge in [0, 0.05) is 13.1 Å². The fourth-order valence-corrected chi connectivity index (χ4v) is 2.24. The number of para-hydroxylation sites is 2. The maximum absolute atomic E-state index is 12.3. The molecule has 20 heavy (non-hydrogen) atoms. The molecule has 1 heterocycles. The number of hydrogen-bond donors (Lipinski definition) is 1. The zero-order chi connectivity index (χ0) is 14.5. The summed E-state index contributed by atoms with van der Waals surface area (Å²) in [5.74, 6) is 0.745. The Bertz CT molecular complexity index is 499. The molecule has 108 valence electrons. The number of carbonyl (C=O) groups excluding carboxylic acids is 1. The number of nitrogens with one attached hydrogen (secondary N) is 1. The van der Waals surface area contributed by atoms with Gasteiger partial charge in [0.1, 0.15) is 5.75 Å². The van der Waals surface area contributed by atoms with Crippen LogP contribution in [0, 0.1) is 0 Å². The molecule has 1 unspecified atom stereocenters. The SMILES string of the molecule is C=C(CNCCC)CN1C(=O)C(C)Oc2ccccc21. The number of ether oxygens (including phenoxy) is 1. The molecule has 1 aliphatic heterocycles. The van der Waals surface area contributed by atoms with Crippen LogP contribution in [0.3, 0.4) is 0 Å². The minimum atomic E-state index is -0.443. The quantitative estimate of drug-likeness (QED) is 0.639. The number of hydrogen-bond acceptors (Lipinski definition) is 3. The van der Waals surface area contributed by atoms with E-state index in [1.165, 1.54) is 0 Å². The molecule has 1 amide bonds. The van der Waals surface area contributed by atoms with Gasteiger partial charge in [-0.15, -0.1) is 0 Å². The molecule has 4 heteroatoms. The Hall–Kier alpha value is -1.81. The molecule has 0 aromatic heterocycles. The van der Waals surface area contributed by atoms with Crippen LogP contribution in [-0.2, 0) is 4.79 Å². The van der Waals surface area contributed by atoms with Crippen LogP contribution in [0.2, 0.25) is 0 Å². The predicted octanol–water partition coefficient (Wildman–Crippen LogP) is 2.36. The number of nitrogens with zero attached hydrogens (tertiary/aromatic N) is 1. The lowest BCUT2D eigenvalue weighted by molar-refractivity contribution is -0.125. The van der Waals surface area contributed by atoms with E-state index < -0.39 is 6.10 Å². The van der Waals surface area contributed by atoms with E-state index >= 15 is 0 Å². The second-order valence-electron chi connectivity index (χ2n) is 5.08. The van der Waals surface area contributed by atoms with Gasteiger partial charge in [0.05, 0.1) is 5.69 Å². The van der Waals surface area contributed by atoms with Gasteiger partial charge < -0.3 is 15.0 Å². The molecule has 0 aliphatic carbocycles. The van der Waals surface area contributed by atoms with E-state index in [0.717, 1.165) is 36.5 Å². The van der Waals surface area contributed by atoms with Crippen molar-refractivity contribution in [1.82, 2.24) is 5.32 Å². The second kappa shape index (κ2) is 6.57. The van der Waals surface area contributed by atoms with Crippen molar-refractivity contribution in [3.05, 3.63) is 36.4 Å². The molecule has 1 aromatic carbocycles. The summed E-state index contributed by atoms with van der Waals surface area (Å²) in [6.07, 6.45) is 0.644. The van der Waals surface area contributed by atoms with E-state index in [2.05, 4.69) is 18.8 Å². The number of fused-ring (bicyclic) bond motifs is 1. The van der Waals surface area contributed by atoms with E-state index in [1.54, 1.807) is 11.8 Å². The molecule has 0 saturated heterocycles. The minimum absolute atomic E-state index is 0.0136. The number of benzene rings is 1. The molecule has 0 spiro atoms. The van der Waals surface area contributed by atoms with E-state index in [0.29, 0.717) is 6.54 Å². The summed E-state index contributed by atoms with van der Waals surface area (Å²) in [6.45, 7) is 10.2. The molecule has 1 N–H and O–H groups in total. The van der Waals surface area contributed by atoms with Gasteiger partial charge in [-0.1, -0.05) is 25.6 Å². The second-order valence-corrected chi connectivity index (χ2v) is 5.08. The van der Waals surface area contributed by atoms with Crippen molar-refractivity contribution < 1.29 is 9.53 Å². The van der Waals surface area contributed by atoms with Gasteiger partial charge in [0.15, 0.2) is 6.10 Å². The standard InChI is InChI=1S/C16H22N2O2/c1-4-9-17-10-12(2)11-18-14-7-5-6-8-15(14)20-13(3)16(18)19/h5-8,13,17H,2,4,9-11H2,1,3H3. The first-order valence-electron chi connectivity index (χ1n) is 7.08. The summed E-state index contributed by atoms with van der Waals surface area (Å²) in [5, 5.41) is 3.31. The molecule has 0 fully saturated rings. The monoisotopic (exact) mass is 274 g/mol. The lowest BCUT2D eigenvalue weighted by atomic mass is 10.1. The summed E-state index contributed by atoms with van der Waals surface area (Å²) >= 11 is 0. The zero-order valence-electron chi connectivity index (χ0n) is 12.2. The van der Waals surface area contributed by atoms with Gasteiger partial charge in [0.25, 0.3) is 5.91 Å². The Balaban J connectivity index is 2.09. The summed E-state index contributed by atoms with van der Waals surface area (Å²) in [5.41, 5.74) is 1.82. The lowest BCUT2D eigenvalue weighted by Gasteiger charge is -2.33. The van der Waals surface area contributed by atoms with Crippen LogP contribution in [0.15, 0.2) is 36.4 Å². The van der Waals surface area contributed by atoms with Crippen molar-refractivity contribution in [2.45, 2.75) is 26.4 Å². The van der Waals surface area contributed by atoms with E-state index in [1.807, 2.05) is 24.3 Å². The van der Waals surface area contributed by atoms with Crippen molar-refractivity contribution in [1.29, 1.82) is 0 Å². The van der Waals surface area contributed by atoms with Crippen LogP contribution >= 0.6 is 0 Å². The summed E-state index contributed by atoms with van der Waals surface area (Å²) < 4.78 is 5.62. The lowest BCUT2D eigenvalue weighted by Crippen LogP contribution is -2.45. The maximum atomic E-state index is 12.3. The van der Waals surface area contributed by atoms with E-state index in [-0.39, 0.29) is 5.91 Å². The normalized spacial score (nSPS) is 17.6. The van der Waals surface area contributed by atoms with E-state index in [9.17, 15) is 4.79 Å². The van der Waals surface area contributed by atoms with Crippen molar-refractivity contribution in [2.24, 2.45) is 0 Å². The van der Waals surface area contributed by atoms with Crippen LogP contribution in [0.1, 0.15) is 20.3 Å². The topological polar surface area (TPSA) is 41.6 Å². The highest BCUT2D eigenvalue weighted by atomic mass is 16.5. The maximum Gasteiger partial charge on any atom is 0.268 e. The van der Waals surface area contributed by atoms with Crippen LogP contribution in [0.25, 0.3) is 0 Å². The Kier molecular flexibility index (Phi) is 4.79. The minimum Gasteiger partial charge on any atom is -0.479 e. The van der Waals surface area contributed by atoms with E-state index in [4.69, 9.17) is 4.74 Å². The number of anilines is 1. The molecule has 1 atom stereocenters. The van der Waals surface area contributed by atoms with Crippen molar-refractivity contribution in [2.75, 3.05) is 24.5 Å². The Morgan fingerprint density at radius 2 is 2.20 bits per heavy atom. The van der Waals surface area contributed by atoms with Gasteiger partial charge in [-0.3, -0.25) is 4.79 Å². The Morgan fingerprint density at radius 3 is 2.95 bits per heavy atom. The highest BCUT2D eigenvalue weighted by Crippen LogP contribution is 2.33. The van der Waals surface area contributed by atoms with Crippen molar-refractivity contribution in [3.63, 3.8) is 0 Å². The first-order chi connectivity index (χ1) is 9.63. The molecule has 1 aromatic rings. The largest absolute Gasteiger partial charge is 0.479 e. The summed E-state index contributed by atoms with van der Waals surface area (Å²) in [6, 6.07) is 7.63. The van der Waals surface area contributed by atoms with Crippen LogP contribution < -0.4 is 15.0 Å². The average Bonchev–Trinajstić information content (AvgIpc) is 2.44. The van der Waals surface area contributed by atoms with Crippen LogP contribution in [0.4, 0.5) is 5.69 Å². The molecular formula is C16H22N2O2. The molecule has 0 radical (unpaired) electrons. The molecule has 2 rings (SSSR count). The van der Waals surface area contributed by atoms with Gasteiger partial charge in [0.2, 0.25) is 0 Å². The van der Waals surface area contributed by atoms with Crippen LogP contribution in [-0.4, -0.2) is 31.6 Å². The molecule has 0 saturated carbocycles. The zero-order valence-corrected chi connectivity index (χ0v) is 12.2. The first-order valence-corrected chi connectivity index (χ1v) is 7.08. The smallest absolute Gasteiger partial charge is 0.268 e. The molecule has 4 nitrogen and oxygen atoms in total. The van der Waals surface area contributed by atoms with Crippen LogP contribution in [0.5, 0.6) is 5.75 Å². The van der Waals surface area contributed by atoms with Gasteiger partial charge in [-0.2, -0.15) is 0 Å². The summed E-state index contributed by atoms with van der Waals surface area (Å²) in [7, 11) is 0. The molecular weight excluding hydrogens is 252 g/mol. The third-order valence-corrected chi connectivity index (χ3v) is 3.26. The Labute approximate surface area is 120 Å². The van der Waals surface area contributed by atoms with Gasteiger partial charge in [-0.05, 0) is 37.6 Å². The predicted molar refractivity (Wildman–Crippen MR) is 81.2 cm³/mol. The third-order valence-electron chi connectivity index (χ3n) is 3.26. The highest BCUT2D eigenvalue weighted by molar-refractivity contribution is 6.00. The first kappa shape index (κ1) is 14.6. The number of rotatable bonds is 6. The number of carbonyl (C=O) groups is 1. The van der Waals surface area contributed by atoms with Crippen molar-refractivity contribution >= 4 is 11.6 Å². The molecule has 0 bridgehead atoms. The van der Waals surface area contributed by atoms with Crippen molar-refractivity contribution in [3.8, 4) is 5.75 Å². The average molecular weight is 274 g/mol. The third kappa shape index (κ3) is 3.20. The highest BCUT2D eigenvalue weighted by Gasteiger charge is 2.31.